The minimum atomic E-state index is 0.0188. The molecule has 0 atom stereocenters. The Balaban J connectivity index is 2.07. The average Bonchev–Trinajstić information content (AvgIpc) is 3.01. The summed E-state index contributed by atoms with van der Waals surface area (Å²) in [7, 11) is 1.64. The van der Waals surface area contributed by atoms with E-state index in [0.717, 1.165) is 28.8 Å². The van der Waals surface area contributed by atoms with Crippen molar-refractivity contribution in [3.05, 3.63) is 24.3 Å². The van der Waals surface area contributed by atoms with E-state index in [0.29, 0.717) is 18.2 Å². The fraction of sp³-hybridized carbons (Fsp3) is 0.471. The summed E-state index contributed by atoms with van der Waals surface area (Å²) in [5.74, 6) is 2.40. The molecular weight excluding hydrogens is 324 g/mol. The van der Waals surface area contributed by atoms with Crippen LogP contribution in [0, 0.1) is 5.92 Å². The normalized spacial score (nSPS) is 10.9. The smallest absolute Gasteiger partial charge is 0.230 e. The monoisotopic (exact) mass is 348 g/mol. The number of rotatable bonds is 8. The molecule has 1 aromatic carbocycles. The second-order valence-electron chi connectivity index (χ2n) is 5.77. The average molecular weight is 348 g/mol. The summed E-state index contributed by atoms with van der Waals surface area (Å²) < 4.78 is 7.20. The van der Waals surface area contributed by atoms with E-state index >= 15 is 0 Å². The van der Waals surface area contributed by atoms with Crippen molar-refractivity contribution in [2.24, 2.45) is 5.92 Å². The van der Waals surface area contributed by atoms with Crippen molar-refractivity contribution in [2.75, 3.05) is 19.4 Å². The first-order chi connectivity index (χ1) is 11.5. The van der Waals surface area contributed by atoms with Gasteiger partial charge in [0, 0.05) is 18.7 Å². The lowest BCUT2D eigenvalue weighted by molar-refractivity contribution is -0.118. The molecule has 2 rings (SSSR count). The van der Waals surface area contributed by atoms with Crippen LogP contribution in [-0.4, -0.2) is 40.1 Å². The lowest BCUT2D eigenvalue weighted by Crippen LogP contribution is -2.28. The molecule has 0 aliphatic rings. The quantitative estimate of drug-likeness (QED) is 0.743. The molecule has 1 aromatic heterocycles. The molecule has 1 amide bonds. The van der Waals surface area contributed by atoms with Crippen molar-refractivity contribution in [2.45, 2.75) is 32.5 Å². The van der Waals surface area contributed by atoms with Gasteiger partial charge in [-0.15, -0.1) is 10.2 Å². The Labute approximate surface area is 147 Å². The topological polar surface area (TPSA) is 69.0 Å². The molecule has 0 bridgehead atoms. The van der Waals surface area contributed by atoms with E-state index < -0.39 is 0 Å². The summed E-state index contributed by atoms with van der Waals surface area (Å²) >= 11 is 1.41. The number of carbonyl (C=O) groups is 1. The van der Waals surface area contributed by atoms with E-state index in [1.807, 2.05) is 35.8 Å². The van der Waals surface area contributed by atoms with Gasteiger partial charge in [-0.2, -0.15) is 0 Å². The van der Waals surface area contributed by atoms with E-state index in [9.17, 15) is 4.79 Å². The van der Waals surface area contributed by atoms with E-state index in [2.05, 4.69) is 29.4 Å². The van der Waals surface area contributed by atoms with Gasteiger partial charge in [0.1, 0.15) is 5.75 Å². The first kappa shape index (κ1) is 18.3. The van der Waals surface area contributed by atoms with E-state index in [1.54, 1.807) is 7.11 Å². The van der Waals surface area contributed by atoms with Gasteiger partial charge in [-0.25, -0.2) is 0 Å². The second kappa shape index (κ2) is 8.73. The number of ether oxygens (including phenoxy) is 1. The molecule has 2 aromatic rings. The number of amides is 1. The third-order valence-corrected chi connectivity index (χ3v) is 4.39. The maximum absolute atomic E-state index is 11.9. The third-order valence-electron chi connectivity index (χ3n) is 3.42. The minimum absolute atomic E-state index is 0.0188. The summed E-state index contributed by atoms with van der Waals surface area (Å²) in [5, 5.41) is 12.2. The summed E-state index contributed by atoms with van der Waals surface area (Å²) in [5.41, 5.74) is 0.973. The summed E-state index contributed by atoms with van der Waals surface area (Å²) in [4.78, 5) is 11.9. The second-order valence-corrected chi connectivity index (χ2v) is 6.71. The molecule has 0 aliphatic carbocycles. The van der Waals surface area contributed by atoms with Crippen LogP contribution in [0.5, 0.6) is 5.75 Å². The Kier molecular flexibility index (Phi) is 6.66. The molecule has 6 nitrogen and oxygen atoms in total. The highest BCUT2D eigenvalue weighted by Crippen LogP contribution is 2.25. The fourth-order valence-electron chi connectivity index (χ4n) is 2.13. The van der Waals surface area contributed by atoms with Gasteiger partial charge in [-0.05, 0) is 37.1 Å². The van der Waals surface area contributed by atoms with E-state index in [1.165, 1.54) is 11.8 Å². The molecule has 0 saturated carbocycles. The lowest BCUT2D eigenvalue weighted by Gasteiger charge is -2.09. The summed E-state index contributed by atoms with van der Waals surface area (Å²) in [6.07, 6.45) is 0. The number of hydrogen-bond acceptors (Lipinski definition) is 5. The Bertz CT molecular complexity index is 668. The first-order valence-corrected chi connectivity index (χ1v) is 9.00. The van der Waals surface area contributed by atoms with Gasteiger partial charge in [0.15, 0.2) is 11.0 Å². The SMILES string of the molecule is CCn1c(SCC(=O)NCC(C)C)nnc1-c1ccc(OC)cc1. The van der Waals surface area contributed by atoms with Crippen molar-refractivity contribution in [3.63, 3.8) is 0 Å². The molecule has 1 heterocycles. The number of methoxy groups -OCH3 is 1. The first-order valence-electron chi connectivity index (χ1n) is 8.02. The van der Waals surface area contributed by atoms with Gasteiger partial charge in [0.2, 0.25) is 5.91 Å². The largest absolute Gasteiger partial charge is 0.497 e. The summed E-state index contributed by atoms with van der Waals surface area (Å²) in [6, 6.07) is 7.71. The number of nitrogens with zero attached hydrogens (tertiary/aromatic N) is 3. The van der Waals surface area contributed by atoms with Gasteiger partial charge in [-0.1, -0.05) is 25.6 Å². The van der Waals surface area contributed by atoms with Crippen LogP contribution in [0.15, 0.2) is 29.4 Å². The van der Waals surface area contributed by atoms with Crippen LogP contribution < -0.4 is 10.1 Å². The number of benzene rings is 1. The van der Waals surface area contributed by atoms with Crippen molar-refractivity contribution >= 4 is 17.7 Å². The van der Waals surface area contributed by atoms with Crippen molar-refractivity contribution in [3.8, 4) is 17.1 Å². The molecule has 0 saturated heterocycles. The fourth-order valence-corrected chi connectivity index (χ4v) is 2.97. The Morgan fingerprint density at radius 3 is 2.58 bits per heavy atom. The lowest BCUT2D eigenvalue weighted by atomic mass is 10.2. The van der Waals surface area contributed by atoms with Crippen LogP contribution in [0.4, 0.5) is 0 Å². The molecule has 0 fully saturated rings. The number of nitrogens with one attached hydrogen (secondary N) is 1. The maximum atomic E-state index is 11.9. The Hall–Kier alpha value is -2.02. The molecule has 0 radical (unpaired) electrons. The van der Waals surface area contributed by atoms with Crippen molar-refractivity contribution in [1.29, 1.82) is 0 Å². The molecular formula is C17H24N4O2S. The molecule has 7 heteroatoms. The van der Waals surface area contributed by atoms with E-state index in [-0.39, 0.29) is 5.91 Å². The highest BCUT2D eigenvalue weighted by Gasteiger charge is 2.14. The minimum Gasteiger partial charge on any atom is -0.497 e. The van der Waals surface area contributed by atoms with Gasteiger partial charge in [0.25, 0.3) is 0 Å². The van der Waals surface area contributed by atoms with Gasteiger partial charge >= 0.3 is 0 Å². The van der Waals surface area contributed by atoms with E-state index in [4.69, 9.17) is 4.74 Å². The summed E-state index contributed by atoms with van der Waals surface area (Å²) in [6.45, 7) is 7.62. The van der Waals surface area contributed by atoms with Gasteiger partial charge in [-0.3, -0.25) is 4.79 Å². The predicted molar refractivity (Wildman–Crippen MR) is 96.3 cm³/mol. The number of aromatic nitrogens is 3. The molecule has 0 aliphatic heterocycles. The zero-order chi connectivity index (χ0) is 17.5. The molecule has 130 valence electrons. The highest BCUT2D eigenvalue weighted by atomic mass is 32.2. The molecule has 0 spiro atoms. The standard InChI is InChI=1S/C17H24N4O2S/c1-5-21-16(13-6-8-14(23-4)9-7-13)19-20-17(21)24-11-15(22)18-10-12(2)3/h6-9,12H,5,10-11H2,1-4H3,(H,18,22). The van der Waals surface area contributed by atoms with Gasteiger partial charge in [0.05, 0.1) is 12.9 Å². The Morgan fingerprint density at radius 1 is 1.29 bits per heavy atom. The van der Waals surface area contributed by atoms with Crippen molar-refractivity contribution < 1.29 is 9.53 Å². The van der Waals surface area contributed by atoms with Gasteiger partial charge < -0.3 is 14.6 Å². The number of thioether (sulfide) groups is 1. The van der Waals surface area contributed by atoms with Crippen molar-refractivity contribution in [1.82, 2.24) is 20.1 Å². The van der Waals surface area contributed by atoms with Crippen LogP contribution in [0.2, 0.25) is 0 Å². The molecule has 24 heavy (non-hydrogen) atoms. The highest BCUT2D eigenvalue weighted by molar-refractivity contribution is 7.99. The van der Waals surface area contributed by atoms with Crippen LogP contribution in [0.1, 0.15) is 20.8 Å². The number of hydrogen-bond donors (Lipinski definition) is 1. The zero-order valence-electron chi connectivity index (χ0n) is 14.6. The van der Waals surface area contributed by atoms with Crippen LogP contribution in [0.3, 0.4) is 0 Å². The Morgan fingerprint density at radius 2 is 2.00 bits per heavy atom. The van der Waals surface area contributed by atoms with Crippen LogP contribution in [0.25, 0.3) is 11.4 Å². The molecule has 0 unspecified atom stereocenters. The third kappa shape index (κ3) is 4.74. The predicted octanol–water partition coefficient (Wildman–Crippen LogP) is 2.84. The van der Waals surface area contributed by atoms with Crippen LogP contribution >= 0.6 is 11.8 Å². The van der Waals surface area contributed by atoms with Crippen LogP contribution in [-0.2, 0) is 11.3 Å². The maximum Gasteiger partial charge on any atom is 0.230 e. The molecule has 1 N–H and O–H groups in total. The number of carbonyl (C=O) groups excluding carboxylic acids is 1. The zero-order valence-corrected chi connectivity index (χ0v) is 15.4.